The largest absolute Gasteiger partial charge is 0.485 e. The molecule has 0 N–H and O–H groups in total. The van der Waals surface area contributed by atoms with Crippen LogP contribution in [0.3, 0.4) is 0 Å². The third kappa shape index (κ3) is 1.27. The Morgan fingerprint density at radius 2 is 2.08 bits per heavy atom. The van der Waals surface area contributed by atoms with E-state index in [-0.39, 0.29) is 6.10 Å². The number of fused-ring (bicyclic) bond motifs is 1. The molecule has 1 unspecified atom stereocenters. The Morgan fingerprint density at radius 3 is 2.92 bits per heavy atom. The molecule has 1 atom stereocenters. The first-order valence-corrected chi connectivity index (χ1v) is 4.69. The highest BCUT2D eigenvalue weighted by molar-refractivity contribution is 9.11. The van der Waals surface area contributed by atoms with Crippen LogP contribution in [-0.4, -0.2) is 6.10 Å². The average Bonchev–Trinajstić information content (AvgIpc) is 2.07. The second-order valence-electron chi connectivity index (χ2n) is 2.83. The monoisotopic (exact) mass is 224 g/mol. The average molecular weight is 225 g/mol. The van der Waals surface area contributed by atoms with E-state index in [4.69, 9.17) is 4.74 Å². The summed E-state index contributed by atoms with van der Waals surface area (Å²) in [6.45, 7) is 2.02. The minimum atomic E-state index is 0.139. The molecule has 1 aliphatic heterocycles. The number of ether oxygens (including phenoxy) is 1. The van der Waals surface area contributed by atoms with Crippen LogP contribution >= 0.6 is 15.9 Å². The van der Waals surface area contributed by atoms with E-state index < -0.39 is 0 Å². The van der Waals surface area contributed by atoms with E-state index in [0.717, 1.165) is 15.8 Å². The molecule has 0 spiro atoms. The van der Waals surface area contributed by atoms with Crippen molar-refractivity contribution in [3.05, 3.63) is 34.3 Å². The van der Waals surface area contributed by atoms with E-state index in [9.17, 15) is 0 Å². The van der Waals surface area contributed by atoms with Crippen LogP contribution in [0.2, 0.25) is 0 Å². The molecule has 1 heterocycles. The van der Waals surface area contributed by atoms with Gasteiger partial charge in [0.25, 0.3) is 0 Å². The Labute approximate surface area is 80.2 Å². The van der Waals surface area contributed by atoms with Gasteiger partial charge in [-0.3, -0.25) is 0 Å². The summed E-state index contributed by atoms with van der Waals surface area (Å²) in [4.78, 5) is 0. The fourth-order valence-corrected chi connectivity index (χ4v) is 1.56. The van der Waals surface area contributed by atoms with Crippen LogP contribution in [0, 0.1) is 0 Å². The molecule has 0 fully saturated rings. The van der Waals surface area contributed by atoms with Crippen LogP contribution in [0.1, 0.15) is 12.5 Å². The molecule has 2 heteroatoms. The maximum atomic E-state index is 5.63. The van der Waals surface area contributed by atoms with Crippen molar-refractivity contribution in [2.24, 2.45) is 0 Å². The Hall–Kier alpha value is -0.760. The summed E-state index contributed by atoms with van der Waals surface area (Å²) in [5.41, 5.74) is 1.14. The van der Waals surface area contributed by atoms with Crippen LogP contribution in [0.25, 0.3) is 6.08 Å². The van der Waals surface area contributed by atoms with Crippen LogP contribution in [0.5, 0.6) is 5.75 Å². The van der Waals surface area contributed by atoms with Crippen LogP contribution in [-0.2, 0) is 0 Å². The Bertz CT molecular complexity index is 330. The molecule has 0 aliphatic carbocycles. The van der Waals surface area contributed by atoms with E-state index in [1.165, 1.54) is 0 Å². The number of para-hydroxylation sites is 1. The highest BCUT2D eigenvalue weighted by atomic mass is 79.9. The van der Waals surface area contributed by atoms with Gasteiger partial charge >= 0.3 is 0 Å². The Morgan fingerprint density at radius 1 is 1.33 bits per heavy atom. The van der Waals surface area contributed by atoms with Crippen LogP contribution in [0.4, 0.5) is 0 Å². The summed E-state index contributed by atoms with van der Waals surface area (Å²) in [6.07, 6.45) is 2.24. The van der Waals surface area contributed by atoms with E-state index in [1.54, 1.807) is 0 Å². The molecule has 0 bridgehead atoms. The summed E-state index contributed by atoms with van der Waals surface area (Å²) in [6, 6.07) is 8.03. The molecule has 0 radical (unpaired) electrons. The lowest BCUT2D eigenvalue weighted by Crippen LogP contribution is -2.15. The van der Waals surface area contributed by atoms with Gasteiger partial charge in [0.15, 0.2) is 0 Å². The predicted molar refractivity (Wildman–Crippen MR) is 53.4 cm³/mol. The number of rotatable bonds is 0. The topological polar surface area (TPSA) is 9.23 Å². The van der Waals surface area contributed by atoms with Crippen molar-refractivity contribution in [1.82, 2.24) is 0 Å². The molecule has 62 valence electrons. The molecule has 1 aromatic carbocycles. The predicted octanol–water partition coefficient (Wildman–Crippen LogP) is 3.20. The van der Waals surface area contributed by atoms with Gasteiger partial charge < -0.3 is 4.74 Å². The second-order valence-corrected chi connectivity index (χ2v) is 3.74. The van der Waals surface area contributed by atoms with Gasteiger partial charge in [0, 0.05) is 10.0 Å². The molecule has 0 aromatic heterocycles. The molecule has 2 rings (SSSR count). The fourth-order valence-electron chi connectivity index (χ4n) is 1.22. The molecule has 1 nitrogen and oxygen atoms in total. The first kappa shape index (κ1) is 7.87. The lowest BCUT2D eigenvalue weighted by Gasteiger charge is -2.20. The number of halogens is 1. The lowest BCUT2D eigenvalue weighted by molar-refractivity contribution is 0.263. The van der Waals surface area contributed by atoms with Gasteiger partial charge in [-0.2, -0.15) is 0 Å². The van der Waals surface area contributed by atoms with Crippen molar-refractivity contribution in [1.29, 1.82) is 0 Å². The van der Waals surface area contributed by atoms with Gasteiger partial charge in [-0.15, -0.1) is 0 Å². The second kappa shape index (κ2) is 2.94. The van der Waals surface area contributed by atoms with Gasteiger partial charge in [0.1, 0.15) is 11.9 Å². The molecule has 0 amide bonds. The third-order valence-corrected chi connectivity index (χ3v) is 2.78. The van der Waals surface area contributed by atoms with Gasteiger partial charge in [0.2, 0.25) is 0 Å². The van der Waals surface area contributed by atoms with Crippen LogP contribution in [0.15, 0.2) is 28.7 Å². The number of hydrogen-bond donors (Lipinski definition) is 0. The quantitative estimate of drug-likeness (QED) is 0.658. The number of benzene rings is 1. The van der Waals surface area contributed by atoms with Gasteiger partial charge in [-0.05, 0) is 19.1 Å². The molecule has 1 aliphatic rings. The maximum absolute atomic E-state index is 5.63. The number of hydrogen-bond acceptors (Lipinski definition) is 1. The van der Waals surface area contributed by atoms with Crippen molar-refractivity contribution in [2.45, 2.75) is 13.0 Å². The minimum Gasteiger partial charge on any atom is -0.485 e. The van der Waals surface area contributed by atoms with Gasteiger partial charge in [-0.25, -0.2) is 0 Å². The zero-order valence-electron chi connectivity index (χ0n) is 6.75. The van der Waals surface area contributed by atoms with Crippen molar-refractivity contribution in [2.75, 3.05) is 0 Å². The Balaban J connectivity index is 2.49. The van der Waals surface area contributed by atoms with Gasteiger partial charge in [0.05, 0.1) is 0 Å². The zero-order valence-corrected chi connectivity index (χ0v) is 8.34. The SMILES string of the molecule is CC1Oc2ccccc2C=C1Br. The Kier molecular flexibility index (Phi) is 1.93. The standard InChI is InChI=1S/C10H9BrO/c1-7-9(11)6-8-4-2-3-5-10(8)12-7/h2-7H,1H3. The first-order valence-electron chi connectivity index (χ1n) is 3.90. The summed E-state index contributed by atoms with van der Waals surface area (Å²) in [7, 11) is 0. The highest BCUT2D eigenvalue weighted by Gasteiger charge is 2.15. The molecule has 1 aromatic rings. The van der Waals surface area contributed by atoms with Crippen molar-refractivity contribution >= 4 is 22.0 Å². The summed E-state index contributed by atoms with van der Waals surface area (Å²) in [5.74, 6) is 0.966. The lowest BCUT2D eigenvalue weighted by atomic mass is 10.1. The van der Waals surface area contributed by atoms with Crippen molar-refractivity contribution in [3.63, 3.8) is 0 Å². The van der Waals surface area contributed by atoms with E-state index in [2.05, 4.69) is 22.0 Å². The molecule has 0 saturated heterocycles. The van der Waals surface area contributed by atoms with Gasteiger partial charge in [-0.1, -0.05) is 34.1 Å². The van der Waals surface area contributed by atoms with Crippen molar-refractivity contribution < 1.29 is 4.74 Å². The fraction of sp³-hybridized carbons (Fsp3) is 0.200. The van der Waals surface area contributed by atoms with E-state index in [0.29, 0.717) is 0 Å². The first-order chi connectivity index (χ1) is 5.77. The smallest absolute Gasteiger partial charge is 0.127 e. The summed E-state index contributed by atoms with van der Waals surface area (Å²) < 4.78 is 6.73. The minimum absolute atomic E-state index is 0.139. The van der Waals surface area contributed by atoms with E-state index >= 15 is 0 Å². The van der Waals surface area contributed by atoms with Crippen molar-refractivity contribution in [3.8, 4) is 5.75 Å². The third-order valence-electron chi connectivity index (χ3n) is 1.90. The summed E-state index contributed by atoms with van der Waals surface area (Å²) >= 11 is 3.46. The molecular formula is C10H9BrO. The molecule has 12 heavy (non-hydrogen) atoms. The normalized spacial score (nSPS) is 20.8. The zero-order chi connectivity index (χ0) is 8.55. The highest BCUT2D eigenvalue weighted by Crippen LogP contribution is 2.31. The van der Waals surface area contributed by atoms with Crippen LogP contribution < -0.4 is 4.74 Å². The molecular weight excluding hydrogens is 216 g/mol. The summed E-state index contributed by atoms with van der Waals surface area (Å²) in [5, 5.41) is 0. The van der Waals surface area contributed by atoms with E-state index in [1.807, 2.05) is 31.2 Å². The maximum Gasteiger partial charge on any atom is 0.127 e. The molecule has 0 saturated carbocycles.